The summed E-state index contributed by atoms with van der Waals surface area (Å²) in [5.74, 6) is 0.335. The molecule has 7 heteroatoms. The number of halogens is 3. The molecule has 1 aromatic heterocycles. The third kappa shape index (κ3) is 3.67. The van der Waals surface area contributed by atoms with Gasteiger partial charge in [0.2, 0.25) is 0 Å². The molecule has 1 aliphatic rings. The number of benzene rings is 1. The topological polar surface area (TPSA) is 45.2 Å². The molecule has 0 unspecified atom stereocenters. The summed E-state index contributed by atoms with van der Waals surface area (Å²) in [5, 5.41) is 2.80. The fourth-order valence-electron chi connectivity index (χ4n) is 2.73. The molecule has 1 N–H and O–H groups in total. The smallest absolute Gasteiger partial charge is 0.354 e. The van der Waals surface area contributed by atoms with Crippen molar-refractivity contribution in [2.45, 2.75) is 18.6 Å². The van der Waals surface area contributed by atoms with Crippen molar-refractivity contribution in [3.05, 3.63) is 59.8 Å². The van der Waals surface area contributed by atoms with Crippen LogP contribution in [0.25, 0.3) is 0 Å². The van der Waals surface area contributed by atoms with E-state index in [1.165, 1.54) is 12.1 Å². The van der Waals surface area contributed by atoms with E-state index < -0.39 is 17.6 Å². The molecule has 0 bridgehead atoms. The van der Waals surface area contributed by atoms with Gasteiger partial charge in [0.15, 0.2) is 0 Å². The van der Waals surface area contributed by atoms with Crippen LogP contribution < -0.4 is 10.2 Å². The van der Waals surface area contributed by atoms with Crippen LogP contribution in [0.2, 0.25) is 0 Å². The number of hydrogen-bond donors (Lipinski definition) is 1. The second-order valence-corrected chi connectivity index (χ2v) is 5.67. The zero-order valence-electron chi connectivity index (χ0n) is 12.8. The second-order valence-electron chi connectivity index (χ2n) is 5.67. The van der Waals surface area contributed by atoms with Gasteiger partial charge < -0.3 is 10.2 Å². The van der Waals surface area contributed by atoms with Gasteiger partial charge in [-0.1, -0.05) is 12.1 Å². The maximum absolute atomic E-state index is 12.7. The van der Waals surface area contributed by atoms with Gasteiger partial charge in [0.05, 0.1) is 5.56 Å². The lowest BCUT2D eigenvalue weighted by atomic mass is 10.1. The largest absolute Gasteiger partial charge is 0.416 e. The Labute approximate surface area is 137 Å². The van der Waals surface area contributed by atoms with E-state index in [9.17, 15) is 18.0 Å². The van der Waals surface area contributed by atoms with E-state index >= 15 is 0 Å². The van der Waals surface area contributed by atoms with E-state index in [2.05, 4.69) is 10.3 Å². The monoisotopic (exact) mass is 335 g/mol. The molecule has 1 fully saturated rings. The van der Waals surface area contributed by atoms with E-state index in [1.54, 1.807) is 6.20 Å². The Bertz CT molecular complexity index is 719. The highest BCUT2D eigenvalue weighted by atomic mass is 19.4. The predicted molar refractivity (Wildman–Crippen MR) is 83.8 cm³/mol. The summed E-state index contributed by atoms with van der Waals surface area (Å²) in [6, 6.07) is 9.94. The minimum absolute atomic E-state index is 0.0149. The lowest BCUT2D eigenvalue weighted by Crippen LogP contribution is -2.37. The van der Waals surface area contributed by atoms with Crippen molar-refractivity contribution in [3.63, 3.8) is 0 Å². The molecule has 1 aromatic carbocycles. The maximum Gasteiger partial charge on any atom is 0.416 e. The van der Waals surface area contributed by atoms with E-state index in [4.69, 9.17) is 0 Å². The average Bonchev–Trinajstić information content (AvgIpc) is 3.03. The first-order chi connectivity index (χ1) is 11.4. The Morgan fingerprint density at radius 1 is 1.21 bits per heavy atom. The summed E-state index contributed by atoms with van der Waals surface area (Å²) in [7, 11) is 0. The van der Waals surface area contributed by atoms with Crippen molar-refractivity contribution in [2.75, 3.05) is 18.0 Å². The van der Waals surface area contributed by atoms with E-state index in [1.807, 2.05) is 23.1 Å². The standard InChI is InChI=1S/C17H16F3N3O/c18-17(19,20)13-5-3-4-12(10-13)16(24)22-14-7-9-23(11-14)15-6-1-2-8-21-15/h1-6,8,10,14H,7,9,11H2,(H,22,24)/t14-/m0/s1. The van der Waals surface area contributed by atoms with E-state index in [0.29, 0.717) is 6.54 Å². The van der Waals surface area contributed by atoms with Crippen LogP contribution in [0.4, 0.5) is 19.0 Å². The highest BCUT2D eigenvalue weighted by Gasteiger charge is 2.31. The minimum Gasteiger partial charge on any atom is -0.354 e. The number of alkyl halides is 3. The maximum atomic E-state index is 12.7. The Morgan fingerprint density at radius 3 is 2.75 bits per heavy atom. The van der Waals surface area contributed by atoms with Crippen LogP contribution in [0, 0.1) is 0 Å². The van der Waals surface area contributed by atoms with Gasteiger partial charge in [-0.2, -0.15) is 13.2 Å². The third-order valence-electron chi connectivity index (χ3n) is 3.95. The number of aromatic nitrogens is 1. The summed E-state index contributed by atoms with van der Waals surface area (Å²) in [4.78, 5) is 18.5. The van der Waals surface area contributed by atoms with Crippen molar-refractivity contribution >= 4 is 11.7 Å². The van der Waals surface area contributed by atoms with Gasteiger partial charge in [0, 0.05) is 30.9 Å². The molecule has 4 nitrogen and oxygen atoms in total. The van der Waals surface area contributed by atoms with Crippen LogP contribution in [0.5, 0.6) is 0 Å². The van der Waals surface area contributed by atoms with Crippen LogP contribution >= 0.6 is 0 Å². The summed E-state index contributed by atoms with van der Waals surface area (Å²) >= 11 is 0. The van der Waals surface area contributed by atoms with Crippen LogP contribution in [-0.2, 0) is 6.18 Å². The Kier molecular flexibility index (Phi) is 4.42. The lowest BCUT2D eigenvalue weighted by Gasteiger charge is -2.18. The third-order valence-corrected chi connectivity index (χ3v) is 3.95. The number of carbonyl (C=O) groups excluding carboxylic acids is 1. The van der Waals surface area contributed by atoms with Gasteiger partial charge in [-0.3, -0.25) is 4.79 Å². The van der Waals surface area contributed by atoms with Crippen LogP contribution in [-0.4, -0.2) is 30.0 Å². The molecule has 0 saturated carbocycles. The molecule has 126 valence electrons. The van der Waals surface area contributed by atoms with Gasteiger partial charge >= 0.3 is 6.18 Å². The van der Waals surface area contributed by atoms with Crippen molar-refractivity contribution in [1.82, 2.24) is 10.3 Å². The molecule has 0 spiro atoms. The Balaban J connectivity index is 1.64. The van der Waals surface area contributed by atoms with Crippen LogP contribution in [0.3, 0.4) is 0 Å². The highest BCUT2D eigenvalue weighted by molar-refractivity contribution is 5.94. The van der Waals surface area contributed by atoms with Crippen LogP contribution in [0.15, 0.2) is 48.7 Å². The van der Waals surface area contributed by atoms with Crippen molar-refractivity contribution in [2.24, 2.45) is 0 Å². The zero-order valence-corrected chi connectivity index (χ0v) is 12.8. The molecule has 1 aliphatic heterocycles. The molecular formula is C17H16F3N3O. The van der Waals surface area contributed by atoms with Crippen molar-refractivity contribution in [3.8, 4) is 0 Å². The number of rotatable bonds is 3. The van der Waals surface area contributed by atoms with Crippen molar-refractivity contribution in [1.29, 1.82) is 0 Å². The average molecular weight is 335 g/mol. The molecule has 1 amide bonds. The number of nitrogens with zero attached hydrogens (tertiary/aromatic N) is 2. The SMILES string of the molecule is O=C(N[C@H]1CCN(c2ccccn2)C1)c1cccc(C(F)(F)F)c1. The molecule has 0 aliphatic carbocycles. The number of anilines is 1. The van der Waals surface area contributed by atoms with Gasteiger partial charge in [-0.15, -0.1) is 0 Å². The first kappa shape index (κ1) is 16.3. The number of amides is 1. The fraction of sp³-hybridized carbons (Fsp3) is 0.294. The summed E-state index contributed by atoms with van der Waals surface area (Å²) in [6.07, 6.45) is -2.04. The van der Waals surface area contributed by atoms with E-state index in [-0.39, 0.29) is 11.6 Å². The molecule has 3 rings (SSSR count). The van der Waals surface area contributed by atoms with Gasteiger partial charge in [-0.05, 0) is 36.8 Å². The lowest BCUT2D eigenvalue weighted by molar-refractivity contribution is -0.137. The predicted octanol–water partition coefficient (Wildman–Crippen LogP) is 3.11. The molecular weight excluding hydrogens is 319 g/mol. The van der Waals surface area contributed by atoms with Gasteiger partial charge in [-0.25, -0.2) is 4.98 Å². The highest BCUT2D eigenvalue weighted by Crippen LogP contribution is 2.29. The summed E-state index contributed by atoms with van der Waals surface area (Å²) < 4.78 is 38.2. The van der Waals surface area contributed by atoms with Crippen LogP contribution in [0.1, 0.15) is 22.3 Å². The van der Waals surface area contributed by atoms with E-state index in [0.717, 1.165) is 30.9 Å². The number of nitrogens with one attached hydrogen (secondary N) is 1. The second kappa shape index (κ2) is 6.51. The summed E-state index contributed by atoms with van der Waals surface area (Å²) in [6.45, 7) is 1.33. The molecule has 24 heavy (non-hydrogen) atoms. The van der Waals surface area contributed by atoms with Crippen molar-refractivity contribution < 1.29 is 18.0 Å². The number of carbonyl (C=O) groups is 1. The molecule has 0 radical (unpaired) electrons. The normalized spacial score (nSPS) is 17.8. The molecule has 2 heterocycles. The zero-order chi connectivity index (χ0) is 17.2. The molecule has 1 atom stereocenters. The fourth-order valence-corrected chi connectivity index (χ4v) is 2.73. The molecule has 2 aromatic rings. The quantitative estimate of drug-likeness (QED) is 0.937. The number of hydrogen-bond acceptors (Lipinski definition) is 3. The minimum atomic E-state index is -4.46. The van der Waals surface area contributed by atoms with Gasteiger partial charge in [0.25, 0.3) is 5.91 Å². The first-order valence-corrected chi connectivity index (χ1v) is 7.57. The van der Waals surface area contributed by atoms with Gasteiger partial charge in [0.1, 0.15) is 5.82 Å². The number of pyridine rings is 1. The Hall–Kier alpha value is -2.57. The Morgan fingerprint density at radius 2 is 2.04 bits per heavy atom. The first-order valence-electron chi connectivity index (χ1n) is 7.57. The molecule has 1 saturated heterocycles. The summed E-state index contributed by atoms with van der Waals surface area (Å²) in [5.41, 5.74) is -0.808.